The van der Waals surface area contributed by atoms with Gasteiger partial charge in [0, 0.05) is 29.4 Å². The van der Waals surface area contributed by atoms with Crippen molar-refractivity contribution in [1.29, 1.82) is 0 Å². The van der Waals surface area contributed by atoms with Gasteiger partial charge in [-0.2, -0.15) is 13.2 Å². The van der Waals surface area contributed by atoms with Gasteiger partial charge in [-0.3, -0.25) is 0 Å². The third-order valence-corrected chi connectivity index (χ3v) is 3.30. The molecule has 0 aliphatic heterocycles. The number of nitrogens with one attached hydrogen (secondary N) is 1. The molecular formula is C15H23F3N2O. The van der Waals surface area contributed by atoms with Crippen LogP contribution >= 0.6 is 0 Å². The number of phenolic OH excluding ortho intramolecular Hbond substituents is 1. The van der Waals surface area contributed by atoms with Gasteiger partial charge in [-0.25, -0.2) is 0 Å². The van der Waals surface area contributed by atoms with Crippen molar-refractivity contribution in [3.05, 3.63) is 23.8 Å². The van der Waals surface area contributed by atoms with Crippen LogP contribution in [0.3, 0.4) is 0 Å². The van der Waals surface area contributed by atoms with E-state index in [0.717, 1.165) is 6.54 Å². The number of benzene rings is 1. The second kappa shape index (κ2) is 7.02. The average molecular weight is 304 g/mol. The van der Waals surface area contributed by atoms with Gasteiger partial charge in [0.25, 0.3) is 0 Å². The summed E-state index contributed by atoms with van der Waals surface area (Å²) in [5.41, 5.74) is 1.04. The number of hydrogen-bond acceptors (Lipinski definition) is 3. The lowest BCUT2D eigenvalue weighted by Crippen LogP contribution is -2.39. The van der Waals surface area contributed by atoms with Gasteiger partial charge in [0.2, 0.25) is 0 Å². The van der Waals surface area contributed by atoms with Crippen molar-refractivity contribution in [2.24, 2.45) is 0 Å². The molecule has 1 unspecified atom stereocenters. The molecule has 0 bridgehead atoms. The molecule has 0 heterocycles. The van der Waals surface area contributed by atoms with Gasteiger partial charge in [-0.05, 0) is 33.4 Å². The summed E-state index contributed by atoms with van der Waals surface area (Å²) in [7, 11) is 0. The Balaban J connectivity index is 3.04. The Bertz CT molecular complexity index is 461. The van der Waals surface area contributed by atoms with Crippen molar-refractivity contribution in [3.8, 4) is 5.75 Å². The van der Waals surface area contributed by atoms with E-state index in [-0.39, 0.29) is 17.8 Å². The Morgan fingerprint density at radius 2 is 1.86 bits per heavy atom. The Morgan fingerprint density at radius 3 is 2.29 bits per heavy atom. The fourth-order valence-corrected chi connectivity index (χ4v) is 2.26. The first-order chi connectivity index (χ1) is 9.65. The summed E-state index contributed by atoms with van der Waals surface area (Å²) in [5.74, 6) is 0.00812. The number of anilines is 1. The smallest absolute Gasteiger partial charge is 0.405 e. The van der Waals surface area contributed by atoms with Crippen LogP contribution in [0.25, 0.3) is 0 Å². The van der Waals surface area contributed by atoms with Crippen LogP contribution in [-0.2, 0) is 0 Å². The van der Waals surface area contributed by atoms with E-state index >= 15 is 0 Å². The molecule has 1 rings (SSSR count). The van der Waals surface area contributed by atoms with Crippen LogP contribution in [0.5, 0.6) is 5.75 Å². The summed E-state index contributed by atoms with van der Waals surface area (Å²) in [6.45, 7) is 6.94. The minimum atomic E-state index is -4.28. The number of phenols is 1. The summed E-state index contributed by atoms with van der Waals surface area (Å²) >= 11 is 0. The molecule has 120 valence electrons. The monoisotopic (exact) mass is 304 g/mol. The highest BCUT2D eigenvalue weighted by Crippen LogP contribution is 2.31. The summed E-state index contributed by atoms with van der Waals surface area (Å²) in [6, 6.07) is 4.31. The molecule has 0 aliphatic rings. The molecular weight excluding hydrogens is 281 g/mol. The van der Waals surface area contributed by atoms with Gasteiger partial charge in [0.05, 0.1) is 0 Å². The van der Waals surface area contributed by atoms with E-state index in [9.17, 15) is 18.3 Å². The highest BCUT2D eigenvalue weighted by Gasteiger charge is 2.32. The first-order valence-electron chi connectivity index (χ1n) is 7.05. The van der Waals surface area contributed by atoms with E-state index in [1.165, 1.54) is 11.0 Å². The van der Waals surface area contributed by atoms with E-state index in [0.29, 0.717) is 11.3 Å². The molecule has 0 aromatic heterocycles. The highest BCUT2D eigenvalue weighted by atomic mass is 19.4. The lowest BCUT2D eigenvalue weighted by molar-refractivity contribution is -0.120. The fraction of sp³-hybridized carbons (Fsp3) is 0.600. The molecule has 0 saturated carbocycles. The van der Waals surface area contributed by atoms with Gasteiger partial charge in [0.15, 0.2) is 0 Å². The molecule has 3 nitrogen and oxygen atoms in total. The Kier molecular flexibility index (Phi) is 5.89. The lowest BCUT2D eigenvalue weighted by atomic mass is 10.1. The van der Waals surface area contributed by atoms with Crippen LogP contribution in [0.1, 0.15) is 39.3 Å². The van der Waals surface area contributed by atoms with Gasteiger partial charge in [0.1, 0.15) is 12.3 Å². The number of nitrogens with zero attached hydrogens (tertiary/aromatic N) is 1. The molecule has 0 fully saturated rings. The highest BCUT2D eigenvalue weighted by molar-refractivity contribution is 5.54. The number of halogens is 3. The summed E-state index contributed by atoms with van der Waals surface area (Å²) in [6.07, 6.45) is -4.28. The van der Waals surface area contributed by atoms with Crippen LogP contribution in [0, 0.1) is 0 Å². The van der Waals surface area contributed by atoms with Crippen molar-refractivity contribution in [2.45, 2.75) is 46.0 Å². The van der Waals surface area contributed by atoms with Crippen molar-refractivity contribution in [1.82, 2.24) is 5.32 Å². The topological polar surface area (TPSA) is 35.5 Å². The van der Waals surface area contributed by atoms with Crippen LogP contribution in [0.15, 0.2) is 18.2 Å². The maximum absolute atomic E-state index is 12.6. The molecule has 1 atom stereocenters. The van der Waals surface area contributed by atoms with E-state index in [4.69, 9.17) is 0 Å². The normalized spacial score (nSPS) is 13.5. The van der Waals surface area contributed by atoms with Crippen LogP contribution in [-0.4, -0.2) is 30.4 Å². The zero-order valence-electron chi connectivity index (χ0n) is 12.8. The molecule has 21 heavy (non-hydrogen) atoms. The second-order valence-corrected chi connectivity index (χ2v) is 5.36. The van der Waals surface area contributed by atoms with E-state index < -0.39 is 12.7 Å². The SMILES string of the molecule is CCNC(C)c1ccc(N(CC(F)(F)F)C(C)C)cc1O. The first kappa shape index (κ1) is 17.6. The number of alkyl halides is 3. The van der Waals surface area contributed by atoms with Gasteiger partial charge < -0.3 is 15.3 Å². The van der Waals surface area contributed by atoms with Crippen LogP contribution < -0.4 is 10.2 Å². The second-order valence-electron chi connectivity index (χ2n) is 5.36. The minimum Gasteiger partial charge on any atom is -0.508 e. The van der Waals surface area contributed by atoms with Crippen molar-refractivity contribution >= 4 is 5.69 Å². The summed E-state index contributed by atoms with van der Waals surface area (Å²) in [4.78, 5) is 1.22. The lowest BCUT2D eigenvalue weighted by Gasteiger charge is -2.30. The van der Waals surface area contributed by atoms with E-state index in [1.807, 2.05) is 13.8 Å². The Morgan fingerprint density at radius 1 is 1.24 bits per heavy atom. The van der Waals surface area contributed by atoms with Gasteiger partial charge in [-0.1, -0.05) is 13.0 Å². The van der Waals surface area contributed by atoms with Gasteiger partial charge >= 0.3 is 6.18 Å². The quantitative estimate of drug-likeness (QED) is 0.838. The predicted octanol–water partition coefficient (Wildman–Crippen LogP) is 3.84. The van der Waals surface area contributed by atoms with E-state index in [1.54, 1.807) is 26.0 Å². The van der Waals surface area contributed by atoms with Crippen molar-refractivity contribution in [3.63, 3.8) is 0 Å². The first-order valence-corrected chi connectivity index (χ1v) is 7.05. The maximum atomic E-state index is 12.6. The molecule has 0 spiro atoms. The van der Waals surface area contributed by atoms with Crippen molar-refractivity contribution in [2.75, 3.05) is 18.0 Å². The summed E-state index contributed by atoms with van der Waals surface area (Å²) < 4.78 is 37.9. The fourth-order valence-electron chi connectivity index (χ4n) is 2.26. The largest absolute Gasteiger partial charge is 0.508 e. The summed E-state index contributed by atoms with van der Waals surface area (Å²) in [5, 5.41) is 13.2. The Labute approximate surface area is 123 Å². The Hall–Kier alpha value is -1.43. The molecule has 0 radical (unpaired) electrons. The number of aromatic hydroxyl groups is 1. The maximum Gasteiger partial charge on any atom is 0.405 e. The molecule has 0 aliphatic carbocycles. The third kappa shape index (κ3) is 5.12. The van der Waals surface area contributed by atoms with Crippen LogP contribution in [0.4, 0.5) is 18.9 Å². The molecule has 1 aromatic carbocycles. The molecule has 1 aromatic rings. The van der Waals surface area contributed by atoms with Crippen LogP contribution in [0.2, 0.25) is 0 Å². The van der Waals surface area contributed by atoms with Crippen molar-refractivity contribution < 1.29 is 18.3 Å². The standard InChI is InChI=1S/C15H23F3N2O/c1-5-19-11(4)13-7-6-12(8-14(13)21)20(10(2)3)9-15(16,17)18/h6-8,10-11,19,21H,5,9H2,1-4H3. The van der Waals surface area contributed by atoms with Gasteiger partial charge in [-0.15, -0.1) is 0 Å². The predicted molar refractivity (Wildman–Crippen MR) is 78.7 cm³/mol. The molecule has 0 saturated heterocycles. The third-order valence-electron chi connectivity index (χ3n) is 3.30. The molecule has 2 N–H and O–H groups in total. The van der Waals surface area contributed by atoms with E-state index in [2.05, 4.69) is 5.32 Å². The number of rotatable bonds is 6. The zero-order valence-corrected chi connectivity index (χ0v) is 12.8. The minimum absolute atomic E-state index is 0.00812. The molecule has 6 heteroatoms. The average Bonchev–Trinajstić information content (AvgIpc) is 2.34. The number of hydrogen-bond donors (Lipinski definition) is 2. The molecule has 0 amide bonds. The zero-order chi connectivity index (χ0) is 16.2.